The Labute approximate surface area is 145 Å². The predicted molar refractivity (Wildman–Crippen MR) is 90.2 cm³/mol. The van der Waals surface area contributed by atoms with E-state index in [0.717, 1.165) is 6.42 Å². The number of amides is 2. The minimum absolute atomic E-state index is 0.0250. The number of urea groups is 1. The molecule has 0 saturated carbocycles. The molecule has 25 heavy (non-hydrogen) atoms. The van der Waals surface area contributed by atoms with Crippen molar-refractivity contribution in [3.8, 4) is 0 Å². The second-order valence-corrected chi connectivity index (χ2v) is 6.34. The number of hydrogen-bond donors (Lipinski definition) is 1. The number of carboxylic acid groups (broad SMARTS) is 1. The number of carboxylic acids is 1. The first-order valence-corrected chi connectivity index (χ1v) is 8.20. The summed E-state index contributed by atoms with van der Waals surface area (Å²) >= 11 is 0. The number of aromatic carboxylic acids is 1. The van der Waals surface area contributed by atoms with Crippen LogP contribution in [0.15, 0.2) is 36.5 Å². The molecule has 2 aromatic rings. The van der Waals surface area contributed by atoms with Crippen molar-refractivity contribution >= 4 is 12.0 Å². The number of hydrogen-bond acceptors (Lipinski definition) is 4. The maximum Gasteiger partial charge on any atom is 0.358 e. The van der Waals surface area contributed by atoms with Crippen LogP contribution in [0.25, 0.3) is 0 Å². The minimum atomic E-state index is -1.09. The summed E-state index contributed by atoms with van der Waals surface area (Å²) < 4.78 is 1.52. The van der Waals surface area contributed by atoms with E-state index in [1.165, 1.54) is 16.4 Å². The van der Waals surface area contributed by atoms with Gasteiger partial charge in [0.2, 0.25) is 0 Å². The van der Waals surface area contributed by atoms with Crippen LogP contribution < -0.4 is 0 Å². The number of aromatic nitrogens is 3. The maximum absolute atomic E-state index is 12.4. The molecule has 3 rings (SSSR count). The first-order chi connectivity index (χ1) is 12.0. The summed E-state index contributed by atoms with van der Waals surface area (Å²) in [6.07, 6.45) is 2.25. The third-order valence-electron chi connectivity index (χ3n) is 4.34. The van der Waals surface area contributed by atoms with Gasteiger partial charge in [-0.25, -0.2) is 9.59 Å². The first-order valence-electron chi connectivity index (χ1n) is 8.20. The SMILES string of the molecule is CN(CCc1ccccc1)C(=O)N1CC(Cn2cc(C(=O)O)nn2)C1. The standard InChI is InChI=1S/C17H21N5O3/c1-20(8-7-13-5-3-2-4-6-13)17(25)21-9-14(10-21)11-22-12-15(16(23)24)18-19-22/h2-6,12,14H,7-11H2,1H3,(H,23,24). The topological polar surface area (TPSA) is 91.6 Å². The van der Waals surface area contributed by atoms with Gasteiger partial charge in [-0.1, -0.05) is 35.5 Å². The van der Waals surface area contributed by atoms with Crippen LogP contribution in [-0.4, -0.2) is 68.6 Å². The molecular formula is C17H21N5O3. The molecule has 1 fully saturated rings. The van der Waals surface area contributed by atoms with Gasteiger partial charge in [0, 0.05) is 39.1 Å². The molecule has 0 spiro atoms. The van der Waals surface area contributed by atoms with Gasteiger partial charge in [-0.15, -0.1) is 5.10 Å². The Bertz CT molecular complexity index is 740. The zero-order chi connectivity index (χ0) is 17.8. The summed E-state index contributed by atoms with van der Waals surface area (Å²) in [5.74, 6) is -0.813. The van der Waals surface area contributed by atoms with Gasteiger partial charge in [0.15, 0.2) is 5.69 Å². The van der Waals surface area contributed by atoms with Gasteiger partial charge < -0.3 is 14.9 Å². The summed E-state index contributed by atoms with van der Waals surface area (Å²) in [5, 5.41) is 16.2. The Morgan fingerprint density at radius 2 is 2.00 bits per heavy atom. The molecule has 1 aliphatic rings. The van der Waals surface area contributed by atoms with Crippen molar-refractivity contribution < 1.29 is 14.7 Å². The minimum Gasteiger partial charge on any atom is -0.476 e. The van der Waals surface area contributed by atoms with E-state index >= 15 is 0 Å². The molecule has 8 nitrogen and oxygen atoms in total. The fourth-order valence-corrected chi connectivity index (χ4v) is 2.87. The van der Waals surface area contributed by atoms with E-state index in [0.29, 0.717) is 26.2 Å². The molecule has 0 radical (unpaired) electrons. The average Bonchev–Trinajstić information content (AvgIpc) is 3.05. The monoisotopic (exact) mass is 343 g/mol. The summed E-state index contributed by atoms with van der Waals surface area (Å²) in [7, 11) is 1.81. The van der Waals surface area contributed by atoms with Crippen molar-refractivity contribution in [2.45, 2.75) is 13.0 Å². The Kier molecular flexibility index (Phi) is 4.97. The van der Waals surface area contributed by atoms with Crippen molar-refractivity contribution in [2.75, 3.05) is 26.7 Å². The fraction of sp³-hybridized carbons (Fsp3) is 0.412. The molecule has 1 aliphatic heterocycles. The lowest BCUT2D eigenvalue weighted by molar-refractivity contribution is 0.0690. The quantitative estimate of drug-likeness (QED) is 0.851. The van der Waals surface area contributed by atoms with Crippen LogP contribution in [0.1, 0.15) is 16.1 Å². The van der Waals surface area contributed by atoms with E-state index in [9.17, 15) is 9.59 Å². The zero-order valence-corrected chi connectivity index (χ0v) is 14.1. The number of carbonyl (C=O) groups is 2. The molecular weight excluding hydrogens is 322 g/mol. The number of carbonyl (C=O) groups excluding carboxylic acids is 1. The third-order valence-corrected chi connectivity index (χ3v) is 4.34. The van der Waals surface area contributed by atoms with Crippen LogP contribution in [0.4, 0.5) is 4.79 Å². The van der Waals surface area contributed by atoms with Crippen molar-refractivity contribution in [2.24, 2.45) is 5.92 Å². The molecule has 1 N–H and O–H groups in total. The van der Waals surface area contributed by atoms with Crippen LogP contribution >= 0.6 is 0 Å². The number of benzene rings is 1. The van der Waals surface area contributed by atoms with Crippen molar-refractivity contribution in [1.82, 2.24) is 24.8 Å². The Balaban J connectivity index is 1.42. The highest BCUT2D eigenvalue weighted by molar-refractivity contribution is 5.84. The third kappa shape index (κ3) is 4.14. The number of likely N-dealkylation sites (N-methyl/N-ethyl adjacent to an activating group) is 1. The number of rotatable bonds is 6. The summed E-state index contributed by atoms with van der Waals surface area (Å²) in [5.41, 5.74) is 1.15. The van der Waals surface area contributed by atoms with Gasteiger partial charge in [-0.2, -0.15) is 0 Å². The van der Waals surface area contributed by atoms with Gasteiger partial charge >= 0.3 is 12.0 Å². The second-order valence-electron chi connectivity index (χ2n) is 6.34. The van der Waals surface area contributed by atoms with Crippen LogP contribution in [0.3, 0.4) is 0 Å². The zero-order valence-electron chi connectivity index (χ0n) is 14.1. The van der Waals surface area contributed by atoms with Crippen molar-refractivity contribution in [3.63, 3.8) is 0 Å². The normalized spacial score (nSPS) is 14.2. The van der Waals surface area contributed by atoms with Crippen molar-refractivity contribution in [1.29, 1.82) is 0 Å². The molecule has 1 saturated heterocycles. The number of nitrogens with zero attached hydrogens (tertiary/aromatic N) is 5. The molecule has 1 aromatic heterocycles. The van der Waals surface area contributed by atoms with Crippen molar-refractivity contribution in [3.05, 3.63) is 47.8 Å². The molecule has 0 unspecified atom stereocenters. The van der Waals surface area contributed by atoms with Gasteiger partial charge in [0.25, 0.3) is 0 Å². The second kappa shape index (κ2) is 7.33. The summed E-state index contributed by atoms with van der Waals surface area (Å²) in [6.45, 7) is 2.54. The summed E-state index contributed by atoms with van der Waals surface area (Å²) in [4.78, 5) is 26.7. The molecule has 132 valence electrons. The summed E-state index contributed by atoms with van der Waals surface area (Å²) in [6, 6.07) is 10.1. The van der Waals surface area contributed by atoms with Gasteiger partial charge in [0.1, 0.15) is 0 Å². The Morgan fingerprint density at radius 3 is 2.64 bits per heavy atom. The van der Waals surface area contributed by atoms with Crippen LogP contribution in [0.2, 0.25) is 0 Å². The van der Waals surface area contributed by atoms with Crippen LogP contribution in [0.5, 0.6) is 0 Å². The smallest absolute Gasteiger partial charge is 0.358 e. The predicted octanol–water partition coefficient (Wildman–Crippen LogP) is 1.20. The highest BCUT2D eigenvalue weighted by Crippen LogP contribution is 2.19. The molecule has 8 heteroatoms. The van der Waals surface area contributed by atoms with Crippen LogP contribution in [0, 0.1) is 5.92 Å². The molecule has 2 amide bonds. The van der Waals surface area contributed by atoms with E-state index in [1.54, 1.807) is 9.80 Å². The van der Waals surface area contributed by atoms with E-state index in [4.69, 9.17) is 5.11 Å². The van der Waals surface area contributed by atoms with E-state index in [-0.39, 0.29) is 17.6 Å². The van der Waals surface area contributed by atoms with E-state index in [2.05, 4.69) is 22.4 Å². The first kappa shape index (κ1) is 16.9. The lowest BCUT2D eigenvalue weighted by atomic mass is 10.0. The highest BCUT2D eigenvalue weighted by Gasteiger charge is 2.32. The lowest BCUT2D eigenvalue weighted by Gasteiger charge is -2.41. The van der Waals surface area contributed by atoms with E-state index < -0.39 is 5.97 Å². The Morgan fingerprint density at radius 1 is 1.28 bits per heavy atom. The largest absolute Gasteiger partial charge is 0.476 e. The van der Waals surface area contributed by atoms with Crippen LogP contribution in [-0.2, 0) is 13.0 Å². The van der Waals surface area contributed by atoms with Gasteiger partial charge in [-0.05, 0) is 12.0 Å². The molecule has 0 bridgehead atoms. The molecule has 0 aliphatic carbocycles. The van der Waals surface area contributed by atoms with E-state index in [1.807, 2.05) is 25.2 Å². The fourth-order valence-electron chi connectivity index (χ4n) is 2.87. The van der Waals surface area contributed by atoms with Gasteiger partial charge in [-0.3, -0.25) is 4.68 Å². The molecule has 0 atom stereocenters. The van der Waals surface area contributed by atoms with Gasteiger partial charge in [0.05, 0.1) is 6.20 Å². The molecule has 2 heterocycles. The Hall–Kier alpha value is -2.90. The lowest BCUT2D eigenvalue weighted by Crippen LogP contribution is -2.55. The highest BCUT2D eigenvalue weighted by atomic mass is 16.4. The average molecular weight is 343 g/mol. The number of likely N-dealkylation sites (tertiary alicyclic amines) is 1. The molecule has 1 aromatic carbocycles. The maximum atomic E-state index is 12.4.